The van der Waals surface area contributed by atoms with E-state index in [-0.39, 0.29) is 6.04 Å². The number of para-hydroxylation sites is 2. The maximum absolute atomic E-state index is 6.15. The minimum atomic E-state index is 0.243. The number of benzene rings is 1. The molecule has 0 aliphatic heterocycles. The number of imidazole rings is 1. The quantitative estimate of drug-likeness (QED) is 0.784. The molecular formula is C15H17N3S. The lowest BCUT2D eigenvalue weighted by atomic mass is 10.0. The largest absolute Gasteiger partial charge is 0.369 e. The van der Waals surface area contributed by atoms with Gasteiger partial charge in [0.2, 0.25) is 5.95 Å². The smallest absolute Gasteiger partial charge is 0.201 e. The van der Waals surface area contributed by atoms with Crippen LogP contribution in [0, 0.1) is 5.92 Å². The van der Waals surface area contributed by atoms with E-state index >= 15 is 0 Å². The highest BCUT2D eigenvalue weighted by molar-refractivity contribution is 7.10. The number of hydrogen-bond acceptors (Lipinski definition) is 3. The van der Waals surface area contributed by atoms with Crippen molar-refractivity contribution in [1.82, 2.24) is 9.55 Å². The molecule has 1 unspecified atom stereocenters. The summed E-state index contributed by atoms with van der Waals surface area (Å²) in [4.78, 5) is 5.80. The highest BCUT2D eigenvalue weighted by Crippen LogP contribution is 2.34. The molecule has 0 amide bonds. The van der Waals surface area contributed by atoms with Gasteiger partial charge in [-0.2, -0.15) is 0 Å². The number of nitrogens with two attached hydrogens (primary N) is 1. The molecule has 0 spiro atoms. The Balaban J connectivity index is 2.23. The van der Waals surface area contributed by atoms with Crippen LogP contribution in [0.3, 0.4) is 0 Å². The van der Waals surface area contributed by atoms with Crippen molar-refractivity contribution in [3.63, 3.8) is 0 Å². The van der Waals surface area contributed by atoms with E-state index in [2.05, 4.69) is 47.0 Å². The number of hydrogen-bond donors (Lipinski definition) is 1. The molecule has 3 nitrogen and oxygen atoms in total. The van der Waals surface area contributed by atoms with E-state index in [0.717, 1.165) is 11.0 Å². The van der Waals surface area contributed by atoms with Gasteiger partial charge in [0, 0.05) is 4.88 Å². The molecule has 1 aromatic carbocycles. The molecule has 3 aromatic rings. The van der Waals surface area contributed by atoms with Gasteiger partial charge in [0.05, 0.1) is 17.1 Å². The summed E-state index contributed by atoms with van der Waals surface area (Å²) in [5.74, 6) is 1.05. The van der Waals surface area contributed by atoms with Gasteiger partial charge in [-0.1, -0.05) is 32.0 Å². The minimum absolute atomic E-state index is 0.243. The second-order valence-corrected chi connectivity index (χ2v) is 6.01. The van der Waals surface area contributed by atoms with Crippen LogP contribution in [0.25, 0.3) is 11.0 Å². The SMILES string of the molecule is CC(C)C(c1cccs1)n1c(N)nc2ccccc21. The average Bonchev–Trinajstić information content (AvgIpc) is 2.99. The highest BCUT2D eigenvalue weighted by Gasteiger charge is 2.23. The first-order valence-electron chi connectivity index (χ1n) is 6.44. The number of nitrogen functional groups attached to an aromatic ring is 1. The molecule has 19 heavy (non-hydrogen) atoms. The zero-order valence-electron chi connectivity index (χ0n) is 11.1. The molecule has 98 valence electrons. The summed E-state index contributed by atoms with van der Waals surface area (Å²) in [5, 5.41) is 2.11. The summed E-state index contributed by atoms with van der Waals surface area (Å²) in [6, 6.07) is 12.6. The summed E-state index contributed by atoms with van der Waals surface area (Å²) in [7, 11) is 0. The third-order valence-electron chi connectivity index (χ3n) is 3.37. The van der Waals surface area contributed by atoms with Gasteiger partial charge in [-0.3, -0.25) is 0 Å². The van der Waals surface area contributed by atoms with E-state index in [1.54, 1.807) is 11.3 Å². The highest BCUT2D eigenvalue weighted by atomic mass is 32.1. The van der Waals surface area contributed by atoms with Crippen molar-refractivity contribution in [1.29, 1.82) is 0 Å². The summed E-state index contributed by atoms with van der Waals surface area (Å²) < 4.78 is 2.16. The number of anilines is 1. The molecule has 4 heteroatoms. The van der Waals surface area contributed by atoms with Gasteiger partial charge in [-0.15, -0.1) is 11.3 Å². The van der Waals surface area contributed by atoms with Gasteiger partial charge < -0.3 is 10.3 Å². The first-order valence-corrected chi connectivity index (χ1v) is 7.32. The van der Waals surface area contributed by atoms with Crippen LogP contribution in [-0.2, 0) is 0 Å². The molecule has 1 atom stereocenters. The normalized spacial score (nSPS) is 13.2. The molecule has 0 aliphatic carbocycles. The summed E-state index contributed by atoms with van der Waals surface area (Å²) in [6.07, 6.45) is 0. The third kappa shape index (κ3) is 2.02. The predicted molar refractivity (Wildman–Crippen MR) is 81.4 cm³/mol. The van der Waals surface area contributed by atoms with Crippen molar-refractivity contribution in [2.24, 2.45) is 5.92 Å². The van der Waals surface area contributed by atoms with Crippen LogP contribution in [0.15, 0.2) is 41.8 Å². The van der Waals surface area contributed by atoms with Crippen LogP contribution < -0.4 is 5.73 Å². The maximum atomic E-state index is 6.15. The molecule has 0 radical (unpaired) electrons. The second kappa shape index (κ2) is 4.70. The number of thiophene rings is 1. The van der Waals surface area contributed by atoms with Crippen LogP contribution in [0.4, 0.5) is 5.95 Å². The van der Waals surface area contributed by atoms with E-state index in [9.17, 15) is 0 Å². The van der Waals surface area contributed by atoms with E-state index in [0.29, 0.717) is 11.9 Å². The monoisotopic (exact) mass is 271 g/mol. The molecule has 0 aliphatic rings. The zero-order valence-corrected chi connectivity index (χ0v) is 11.9. The van der Waals surface area contributed by atoms with Crippen LogP contribution in [-0.4, -0.2) is 9.55 Å². The van der Waals surface area contributed by atoms with Crippen molar-refractivity contribution in [2.75, 3.05) is 5.73 Å². The molecule has 2 heterocycles. The van der Waals surface area contributed by atoms with Crippen LogP contribution in [0.2, 0.25) is 0 Å². The summed E-state index contributed by atoms with van der Waals surface area (Å²) in [6.45, 7) is 4.44. The van der Waals surface area contributed by atoms with Crippen LogP contribution in [0.1, 0.15) is 24.8 Å². The van der Waals surface area contributed by atoms with Crippen molar-refractivity contribution in [2.45, 2.75) is 19.9 Å². The predicted octanol–water partition coefficient (Wildman–Crippen LogP) is 3.93. The topological polar surface area (TPSA) is 43.8 Å². The Morgan fingerprint density at radius 3 is 2.63 bits per heavy atom. The van der Waals surface area contributed by atoms with E-state index < -0.39 is 0 Å². The second-order valence-electron chi connectivity index (χ2n) is 5.03. The number of nitrogens with zero attached hydrogens (tertiary/aromatic N) is 2. The minimum Gasteiger partial charge on any atom is -0.369 e. The van der Waals surface area contributed by atoms with Crippen LogP contribution >= 0.6 is 11.3 Å². The molecular weight excluding hydrogens is 254 g/mol. The van der Waals surface area contributed by atoms with Crippen molar-refractivity contribution < 1.29 is 0 Å². The molecule has 0 saturated carbocycles. The van der Waals surface area contributed by atoms with Gasteiger partial charge in [0.1, 0.15) is 0 Å². The van der Waals surface area contributed by atoms with Crippen molar-refractivity contribution in [3.05, 3.63) is 46.7 Å². The number of aromatic nitrogens is 2. The van der Waals surface area contributed by atoms with E-state index in [1.807, 2.05) is 18.2 Å². The zero-order chi connectivity index (χ0) is 13.4. The number of fused-ring (bicyclic) bond motifs is 1. The first-order chi connectivity index (χ1) is 9.18. The Kier molecular flexibility index (Phi) is 3.03. The number of rotatable bonds is 3. The summed E-state index contributed by atoms with van der Waals surface area (Å²) in [5.41, 5.74) is 8.22. The molecule has 2 aromatic heterocycles. The Labute approximate surface area is 116 Å². The van der Waals surface area contributed by atoms with E-state index in [1.165, 1.54) is 4.88 Å². The molecule has 0 saturated heterocycles. The Morgan fingerprint density at radius 1 is 1.16 bits per heavy atom. The lowest BCUT2D eigenvalue weighted by Gasteiger charge is -2.23. The van der Waals surface area contributed by atoms with Gasteiger partial charge in [0.25, 0.3) is 0 Å². The van der Waals surface area contributed by atoms with Gasteiger partial charge in [-0.05, 0) is 29.5 Å². The van der Waals surface area contributed by atoms with E-state index in [4.69, 9.17) is 5.73 Å². The Hall–Kier alpha value is -1.81. The van der Waals surface area contributed by atoms with Crippen LogP contribution in [0.5, 0.6) is 0 Å². The average molecular weight is 271 g/mol. The maximum Gasteiger partial charge on any atom is 0.201 e. The lowest BCUT2D eigenvalue weighted by Crippen LogP contribution is -2.17. The van der Waals surface area contributed by atoms with Crippen molar-refractivity contribution >= 4 is 28.3 Å². The molecule has 0 fully saturated rings. The molecule has 0 bridgehead atoms. The Morgan fingerprint density at radius 2 is 1.95 bits per heavy atom. The fourth-order valence-electron chi connectivity index (χ4n) is 2.57. The van der Waals surface area contributed by atoms with Crippen molar-refractivity contribution in [3.8, 4) is 0 Å². The molecule has 3 rings (SSSR count). The van der Waals surface area contributed by atoms with Gasteiger partial charge >= 0.3 is 0 Å². The summed E-state index contributed by atoms with van der Waals surface area (Å²) >= 11 is 1.77. The van der Waals surface area contributed by atoms with Gasteiger partial charge in [0.15, 0.2) is 0 Å². The first kappa shape index (κ1) is 12.2. The fourth-order valence-corrected chi connectivity index (χ4v) is 3.56. The third-order valence-corrected chi connectivity index (χ3v) is 4.31. The standard InChI is InChI=1S/C15H17N3S/c1-10(2)14(13-8-5-9-19-13)18-12-7-4-3-6-11(12)17-15(18)16/h3-10,14H,1-2H3,(H2,16,17). The fraction of sp³-hybridized carbons (Fsp3) is 0.267. The van der Waals surface area contributed by atoms with Gasteiger partial charge in [-0.25, -0.2) is 4.98 Å². The lowest BCUT2D eigenvalue weighted by molar-refractivity contribution is 0.457. The molecule has 2 N–H and O–H groups in total. The Bertz CT molecular complexity index is 683.